The van der Waals surface area contributed by atoms with Gasteiger partial charge in [0.2, 0.25) is 0 Å². The molecule has 0 aliphatic heterocycles. The summed E-state index contributed by atoms with van der Waals surface area (Å²) in [7, 11) is 0. The van der Waals surface area contributed by atoms with Crippen LogP contribution < -0.4 is 5.32 Å². The van der Waals surface area contributed by atoms with Crippen LogP contribution in [0.4, 0.5) is 4.79 Å². The second-order valence-electron chi connectivity index (χ2n) is 7.43. The molecule has 5 nitrogen and oxygen atoms in total. The minimum atomic E-state index is -0.758. The molecule has 0 aromatic rings. The highest BCUT2D eigenvalue weighted by molar-refractivity contribution is 5.81. The van der Waals surface area contributed by atoms with Crippen LogP contribution in [0.3, 0.4) is 0 Å². The van der Waals surface area contributed by atoms with Crippen LogP contribution in [0.5, 0.6) is 0 Å². The summed E-state index contributed by atoms with van der Waals surface area (Å²) in [6.07, 6.45) is 2.53. The predicted molar refractivity (Wildman–Crippen MR) is 67.6 cm³/mol. The summed E-state index contributed by atoms with van der Waals surface area (Å²) in [6.45, 7) is 5.43. The van der Waals surface area contributed by atoms with Crippen molar-refractivity contribution in [3.63, 3.8) is 0 Å². The SMILES string of the molecule is CC(C)(C)OC(=O)NC12CC3CC1(C(=O)O)CC3C2. The first kappa shape index (κ1) is 12.8. The fourth-order valence-corrected chi connectivity index (χ4v) is 4.65. The van der Waals surface area contributed by atoms with Gasteiger partial charge in [-0.3, -0.25) is 4.79 Å². The molecule has 2 atom stereocenters. The molecule has 1 amide bonds. The Balaban J connectivity index is 1.81. The van der Waals surface area contributed by atoms with Gasteiger partial charge in [0.25, 0.3) is 0 Å². The molecule has 5 heteroatoms. The largest absolute Gasteiger partial charge is 0.481 e. The van der Waals surface area contributed by atoms with Gasteiger partial charge in [0.05, 0.1) is 11.0 Å². The van der Waals surface area contributed by atoms with Crippen molar-refractivity contribution in [2.24, 2.45) is 17.3 Å². The summed E-state index contributed by atoms with van der Waals surface area (Å²) < 4.78 is 5.29. The third-order valence-electron chi connectivity index (χ3n) is 5.17. The van der Waals surface area contributed by atoms with Crippen molar-refractivity contribution in [2.45, 2.75) is 57.6 Å². The second kappa shape index (κ2) is 3.44. The first-order valence-corrected chi connectivity index (χ1v) is 6.92. The zero-order chi connectivity index (χ0) is 14.1. The van der Waals surface area contributed by atoms with Crippen molar-refractivity contribution >= 4 is 12.1 Å². The Bertz CT molecular complexity index is 437. The molecule has 0 saturated heterocycles. The van der Waals surface area contributed by atoms with Crippen LogP contribution in [0.2, 0.25) is 0 Å². The van der Waals surface area contributed by atoms with Crippen LogP contribution in [0.15, 0.2) is 0 Å². The fourth-order valence-electron chi connectivity index (χ4n) is 4.65. The first-order valence-electron chi connectivity index (χ1n) is 6.92. The number of hydrogen-bond donors (Lipinski definition) is 2. The number of alkyl carbamates (subject to hydrolysis) is 1. The number of carbonyl (C=O) groups is 2. The second-order valence-corrected chi connectivity index (χ2v) is 7.43. The van der Waals surface area contributed by atoms with E-state index in [4.69, 9.17) is 4.74 Å². The summed E-state index contributed by atoms with van der Waals surface area (Å²) >= 11 is 0. The van der Waals surface area contributed by atoms with E-state index in [1.807, 2.05) is 20.8 Å². The van der Waals surface area contributed by atoms with Gasteiger partial charge < -0.3 is 15.2 Å². The molecular weight excluding hydrogens is 246 g/mol. The predicted octanol–water partition coefficient (Wildman–Crippen LogP) is 2.15. The lowest BCUT2D eigenvalue weighted by atomic mass is 9.74. The van der Waals surface area contributed by atoms with E-state index >= 15 is 0 Å². The Morgan fingerprint density at radius 2 is 1.68 bits per heavy atom. The molecular formula is C14H21NO4. The average molecular weight is 267 g/mol. The molecule has 4 aliphatic rings. The maximum absolute atomic E-state index is 12.0. The maximum atomic E-state index is 12.0. The minimum Gasteiger partial charge on any atom is -0.481 e. The molecule has 4 saturated carbocycles. The highest BCUT2D eigenvalue weighted by Gasteiger charge is 2.75. The van der Waals surface area contributed by atoms with Gasteiger partial charge in [-0.15, -0.1) is 0 Å². The topological polar surface area (TPSA) is 75.6 Å². The van der Waals surface area contributed by atoms with E-state index < -0.39 is 28.6 Å². The maximum Gasteiger partial charge on any atom is 0.408 e. The Labute approximate surface area is 112 Å². The summed E-state index contributed by atoms with van der Waals surface area (Å²) in [5.41, 5.74) is -1.88. The zero-order valence-corrected chi connectivity index (χ0v) is 11.7. The van der Waals surface area contributed by atoms with E-state index in [0.29, 0.717) is 24.7 Å². The number of ether oxygens (including phenoxy) is 1. The quantitative estimate of drug-likeness (QED) is 0.804. The van der Waals surface area contributed by atoms with Crippen LogP contribution in [-0.4, -0.2) is 28.3 Å². The zero-order valence-electron chi connectivity index (χ0n) is 11.7. The van der Waals surface area contributed by atoms with Gasteiger partial charge in [0.15, 0.2) is 0 Å². The van der Waals surface area contributed by atoms with Gasteiger partial charge in [0, 0.05) is 0 Å². The van der Waals surface area contributed by atoms with E-state index in [-0.39, 0.29) is 0 Å². The van der Waals surface area contributed by atoms with Crippen molar-refractivity contribution < 1.29 is 19.4 Å². The molecule has 2 unspecified atom stereocenters. The molecule has 0 aromatic carbocycles. The van der Waals surface area contributed by atoms with E-state index in [0.717, 1.165) is 12.8 Å². The van der Waals surface area contributed by atoms with Gasteiger partial charge in [-0.25, -0.2) is 4.79 Å². The summed E-state index contributed by atoms with van der Waals surface area (Å²) in [5.74, 6) is 0.170. The highest BCUT2D eigenvalue weighted by atomic mass is 16.6. The number of aliphatic carboxylic acids is 1. The van der Waals surface area contributed by atoms with Crippen LogP contribution in [0, 0.1) is 17.3 Å². The van der Waals surface area contributed by atoms with Gasteiger partial charge >= 0.3 is 12.1 Å². The first-order chi connectivity index (χ1) is 8.67. The van der Waals surface area contributed by atoms with Crippen molar-refractivity contribution in [3.8, 4) is 0 Å². The third kappa shape index (κ3) is 1.60. The lowest BCUT2D eigenvalue weighted by Gasteiger charge is -2.38. The smallest absolute Gasteiger partial charge is 0.408 e. The number of carbonyl (C=O) groups excluding carboxylic acids is 1. The Hall–Kier alpha value is -1.26. The molecule has 4 bridgehead atoms. The Morgan fingerprint density at radius 3 is 2.11 bits per heavy atom. The summed E-state index contributed by atoms with van der Waals surface area (Å²) in [5, 5.41) is 12.5. The van der Waals surface area contributed by atoms with Gasteiger partial charge in [-0.05, 0) is 58.3 Å². The number of nitrogens with one attached hydrogen (secondary N) is 1. The lowest BCUT2D eigenvalue weighted by molar-refractivity contribution is -0.151. The van der Waals surface area contributed by atoms with E-state index in [9.17, 15) is 14.7 Å². The monoisotopic (exact) mass is 267 g/mol. The van der Waals surface area contributed by atoms with Crippen LogP contribution in [-0.2, 0) is 9.53 Å². The van der Waals surface area contributed by atoms with Crippen LogP contribution >= 0.6 is 0 Å². The van der Waals surface area contributed by atoms with Crippen molar-refractivity contribution in [3.05, 3.63) is 0 Å². The van der Waals surface area contributed by atoms with Crippen molar-refractivity contribution in [1.82, 2.24) is 5.32 Å². The number of hydrogen-bond acceptors (Lipinski definition) is 3. The number of carboxylic acid groups (broad SMARTS) is 1. The summed E-state index contributed by atoms with van der Waals surface area (Å²) in [4.78, 5) is 23.7. The lowest BCUT2D eigenvalue weighted by Crippen LogP contribution is -2.57. The standard InChI is InChI=1S/C14H21NO4/c1-12(2,3)19-11(18)15-14-6-8-4-13(14,10(16)17)5-9(8)7-14/h8-9H,4-7H2,1-3H3,(H,15,18)(H,16,17). The Kier molecular flexibility index (Phi) is 2.31. The Morgan fingerprint density at radius 1 is 1.16 bits per heavy atom. The molecule has 19 heavy (non-hydrogen) atoms. The molecule has 2 N–H and O–H groups in total. The van der Waals surface area contributed by atoms with Gasteiger partial charge in [0.1, 0.15) is 5.60 Å². The molecule has 0 heterocycles. The number of carboxylic acids is 1. The summed E-state index contributed by atoms with van der Waals surface area (Å²) in [6, 6.07) is 0. The third-order valence-corrected chi connectivity index (χ3v) is 5.17. The van der Waals surface area contributed by atoms with Gasteiger partial charge in [-0.2, -0.15) is 0 Å². The van der Waals surface area contributed by atoms with Crippen molar-refractivity contribution in [2.75, 3.05) is 0 Å². The van der Waals surface area contributed by atoms with Gasteiger partial charge in [-0.1, -0.05) is 0 Å². The normalized spacial score (nSPS) is 42.7. The molecule has 106 valence electrons. The minimum absolute atomic E-state index is 0.464. The molecule has 4 rings (SSSR count). The average Bonchev–Trinajstić information content (AvgIpc) is 2.81. The van der Waals surface area contributed by atoms with E-state index in [1.165, 1.54) is 0 Å². The van der Waals surface area contributed by atoms with Crippen LogP contribution in [0.1, 0.15) is 46.5 Å². The number of amides is 1. The van der Waals surface area contributed by atoms with Crippen molar-refractivity contribution in [1.29, 1.82) is 0 Å². The fraction of sp³-hybridized carbons (Fsp3) is 0.857. The molecule has 0 aromatic heterocycles. The van der Waals surface area contributed by atoms with Crippen LogP contribution in [0.25, 0.3) is 0 Å². The number of rotatable bonds is 2. The molecule has 4 aliphatic carbocycles. The highest BCUT2D eigenvalue weighted by Crippen LogP contribution is 2.72. The molecule has 0 radical (unpaired) electrons. The van der Waals surface area contributed by atoms with E-state index in [2.05, 4.69) is 5.32 Å². The van der Waals surface area contributed by atoms with E-state index in [1.54, 1.807) is 0 Å². The molecule has 0 spiro atoms. The molecule has 4 fully saturated rings.